The maximum absolute atomic E-state index is 5.42. The Balaban J connectivity index is 1.23. The van der Waals surface area contributed by atoms with Crippen molar-refractivity contribution in [3.63, 3.8) is 0 Å². The Bertz CT molecular complexity index is 1960. The molecule has 2 aliphatic heterocycles. The maximum atomic E-state index is 5.42. The van der Waals surface area contributed by atoms with Gasteiger partial charge < -0.3 is 4.90 Å². The molecule has 0 aliphatic carbocycles. The largest absolute Gasteiger partial charge is 0.300 e. The van der Waals surface area contributed by atoms with E-state index < -0.39 is 5.54 Å². The Hall–Kier alpha value is -5.75. The Kier molecular flexibility index (Phi) is 6.19. The van der Waals surface area contributed by atoms with Crippen LogP contribution < -0.4 is 4.90 Å². The number of anilines is 1. The molecule has 0 fully saturated rings. The maximum Gasteiger partial charge on any atom is 0.164 e. The molecule has 2 aliphatic rings. The van der Waals surface area contributed by atoms with Gasteiger partial charge in [0.1, 0.15) is 17.2 Å². The first kappa shape index (κ1) is 25.9. The molecule has 0 saturated heterocycles. The molecule has 210 valence electrons. The van der Waals surface area contributed by atoms with Crippen LogP contribution >= 0.6 is 0 Å². The Morgan fingerprint density at radius 2 is 1.09 bits per heavy atom. The first-order chi connectivity index (χ1) is 21.7. The second-order valence-electron chi connectivity index (χ2n) is 11.2. The molecule has 2 atom stereocenters. The number of rotatable bonds is 5. The van der Waals surface area contributed by atoms with E-state index in [0.29, 0.717) is 17.5 Å². The summed E-state index contributed by atoms with van der Waals surface area (Å²) < 4.78 is 0. The van der Waals surface area contributed by atoms with E-state index in [9.17, 15) is 0 Å². The number of fused-ring (bicyclic) bond motifs is 3. The molecular weight excluding hydrogens is 540 g/mol. The average Bonchev–Trinajstić information content (AvgIpc) is 3.43. The second kappa shape index (κ2) is 10.5. The van der Waals surface area contributed by atoms with Gasteiger partial charge in [0.05, 0.1) is 6.04 Å². The minimum atomic E-state index is -0.482. The molecule has 4 heterocycles. The predicted molar refractivity (Wildman–Crippen MR) is 176 cm³/mol. The zero-order valence-electron chi connectivity index (χ0n) is 24.1. The summed E-state index contributed by atoms with van der Waals surface area (Å²) in [5, 5.41) is 0. The third-order valence-electron chi connectivity index (χ3n) is 8.38. The van der Waals surface area contributed by atoms with E-state index in [4.69, 9.17) is 24.9 Å². The van der Waals surface area contributed by atoms with E-state index in [2.05, 4.69) is 78.6 Å². The van der Waals surface area contributed by atoms with Crippen molar-refractivity contribution < 1.29 is 0 Å². The number of hydrogen-bond donors (Lipinski definition) is 0. The van der Waals surface area contributed by atoms with Gasteiger partial charge in [-0.25, -0.2) is 19.9 Å². The lowest BCUT2D eigenvalue weighted by Gasteiger charge is -2.36. The van der Waals surface area contributed by atoms with E-state index >= 15 is 0 Å². The summed E-state index contributed by atoms with van der Waals surface area (Å²) in [4.78, 5) is 27.1. The third-order valence-corrected chi connectivity index (χ3v) is 8.38. The van der Waals surface area contributed by atoms with Crippen LogP contribution in [0.5, 0.6) is 0 Å². The smallest absolute Gasteiger partial charge is 0.164 e. The highest BCUT2D eigenvalue weighted by atomic mass is 15.3. The number of benzene rings is 4. The highest BCUT2D eigenvalue weighted by Gasteiger charge is 2.48. The van der Waals surface area contributed by atoms with Crippen LogP contribution in [0.25, 0.3) is 40.2 Å². The molecule has 6 aromatic rings. The van der Waals surface area contributed by atoms with Crippen molar-refractivity contribution in [3.8, 4) is 34.2 Å². The summed E-state index contributed by atoms with van der Waals surface area (Å²) in [6.07, 6.45) is 6.27. The summed E-state index contributed by atoms with van der Waals surface area (Å²) in [7, 11) is 0. The zero-order valence-corrected chi connectivity index (χ0v) is 24.1. The van der Waals surface area contributed by atoms with Crippen molar-refractivity contribution in [1.29, 1.82) is 0 Å². The average molecular weight is 569 g/mol. The second-order valence-corrected chi connectivity index (χ2v) is 11.2. The topological polar surface area (TPSA) is 67.2 Å². The van der Waals surface area contributed by atoms with Crippen LogP contribution in [0.15, 0.2) is 145 Å². The van der Waals surface area contributed by atoms with Gasteiger partial charge >= 0.3 is 0 Å². The lowest BCUT2D eigenvalue weighted by molar-refractivity contribution is 0.470. The Labute approximate surface area is 256 Å². The van der Waals surface area contributed by atoms with Gasteiger partial charge in [-0.05, 0) is 24.6 Å². The molecule has 6 heteroatoms. The molecule has 0 radical (unpaired) electrons. The summed E-state index contributed by atoms with van der Waals surface area (Å²) in [5.41, 5.74) is 5.57. The molecule has 2 aromatic heterocycles. The zero-order chi connectivity index (χ0) is 29.5. The van der Waals surface area contributed by atoms with Crippen LogP contribution in [-0.4, -0.2) is 31.8 Å². The fourth-order valence-electron chi connectivity index (χ4n) is 6.08. The molecule has 0 N–H and O–H groups in total. The Morgan fingerprint density at radius 1 is 0.568 bits per heavy atom. The van der Waals surface area contributed by atoms with Gasteiger partial charge in [0.25, 0.3) is 0 Å². The fraction of sp³-hybridized carbons (Fsp3) is 0.0789. The van der Waals surface area contributed by atoms with Gasteiger partial charge in [0, 0.05) is 34.0 Å². The van der Waals surface area contributed by atoms with E-state index in [0.717, 1.165) is 45.0 Å². The first-order valence-corrected chi connectivity index (χ1v) is 14.7. The van der Waals surface area contributed by atoms with Crippen molar-refractivity contribution in [2.24, 2.45) is 4.99 Å². The van der Waals surface area contributed by atoms with Crippen LogP contribution in [0.2, 0.25) is 0 Å². The molecule has 8 rings (SSSR count). The highest BCUT2D eigenvalue weighted by Crippen LogP contribution is 2.45. The van der Waals surface area contributed by atoms with Gasteiger partial charge in [-0.2, -0.15) is 0 Å². The Morgan fingerprint density at radius 3 is 1.68 bits per heavy atom. The van der Waals surface area contributed by atoms with E-state index in [1.165, 1.54) is 0 Å². The molecule has 0 saturated carbocycles. The number of aliphatic imine (C=N–C) groups is 1. The normalized spacial score (nSPS) is 18.4. The number of hydrogen-bond acceptors (Lipinski definition) is 6. The van der Waals surface area contributed by atoms with Crippen molar-refractivity contribution in [3.05, 3.63) is 156 Å². The minimum Gasteiger partial charge on any atom is -0.300 e. The van der Waals surface area contributed by atoms with Gasteiger partial charge in [0.2, 0.25) is 0 Å². The monoisotopic (exact) mass is 568 g/mol. The fourth-order valence-corrected chi connectivity index (χ4v) is 6.08. The predicted octanol–water partition coefficient (Wildman–Crippen LogP) is 7.85. The number of aromatic nitrogens is 4. The number of nitrogens with zero attached hydrogens (tertiary/aromatic N) is 6. The molecule has 0 spiro atoms. The van der Waals surface area contributed by atoms with Crippen molar-refractivity contribution in [2.75, 3.05) is 4.90 Å². The molecule has 6 nitrogen and oxygen atoms in total. The van der Waals surface area contributed by atoms with Crippen LogP contribution in [0.1, 0.15) is 23.6 Å². The van der Waals surface area contributed by atoms with Gasteiger partial charge in [0.15, 0.2) is 17.5 Å². The SMILES string of the molecule is CC1(c2ccccc2)N=C(c2ccc(-c3nc(-c4ccccc4)nc(-c4ccccc4)n3)cc2)N2c3ncccc3C=CC21. The third kappa shape index (κ3) is 4.39. The van der Waals surface area contributed by atoms with E-state index in [-0.39, 0.29) is 6.04 Å². The highest BCUT2D eigenvalue weighted by molar-refractivity contribution is 6.13. The molecule has 0 bridgehead atoms. The van der Waals surface area contributed by atoms with Crippen LogP contribution in [-0.2, 0) is 5.54 Å². The van der Waals surface area contributed by atoms with Gasteiger partial charge in [-0.15, -0.1) is 0 Å². The number of amidine groups is 1. The molecular formula is C38H28N6. The lowest BCUT2D eigenvalue weighted by atomic mass is 9.84. The van der Waals surface area contributed by atoms with Crippen molar-refractivity contribution in [1.82, 2.24) is 19.9 Å². The number of pyridine rings is 1. The van der Waals surface area contributed by atoms with Gasteiger partial charge in [-0.1, -0.05) is 127 Å². The summed E-state index contributed by atoms with van der Waals surface area (Å²) in [6.45, 7) is 2.21. The molecule has 2 unspecified atom stereocenters. The van der Waals surface area contributed by atoms with Crippen LogP contribution in [0.4, 0.5) is 5.82 Å². The molecule has 4 aromatic carbocycles. The van der Waals surface area contributed by atoms with E-state index in [1.807, 2.05) is 79.0 Å². The van der Waals surface area contributed by atoms with Crippen molar-refractivity contribution in [2.45, 2.75) is 18.5 Å². The molecule has 0 amide bonds. The summed E-state index contributed by atoms with van der Waals surface area (Å²) in [6, 6.07) is 43.0. The lowest BCUT2D eigenvalue weighted by Crippen LogP contribution is -2.45. The van der Waals surface area contributed by atoms with Crippen LogP contribution in [0.3, 0.4) is 0 Å². The first-order valence-electron chi connectivity index (χ1n) is 14.7. The van der Waals surface area contributed by atoms with Crippen LogP contribution in [0, 0.1) is 0 Å². The van der Waals surface area contributed by atoms with Gasteiger partial charge in [-0.3, -0.25) is 4.99 Å². The molecule has 44 heavy (non-hydrogen) atoms. The van der Waals surface area contributed by atoms with E-state index in [1.54, 1.807) is 0 Å². The standard InChI is InChI=1S/C38H28N6/c1-38(31-17-9-4-10-18-31)32-24-23-29-16-11-25-39-36(29)44(32)37(43-38)30-21-19-28(20-22-30)35-41-33(26-12-5-2-6-13-26)40-34(42-35)27-14-7-3-8-15-27/h2-25,32H,1H3. The summed E-state index contributed by atoms with van der Waals surface area (Å²) >= 11 is 0. The summed E-state index contributed by atoms with van der Waals surface area (Å²) in [5.74, 6) is 3.71. The minimum absolute atomic E-state index is 0.00707. The van der Waals surface area contributed by atoms with Crippen molar-refractivity contribution >= 4 is 17.7 Å². The quantitative estimate of drug-likeness (QED) is 0.212.